The molecule has 0 aromatic heterocycles. The van der Waals surface area contributed by atoms with E-state index in [1.54, 1.807) is 7.05 Å². The summed E-state index contributed by atoms with van der Waals surface area (Å²) < 4.78 is 9.83. The summed E-state index contributed by atoms with van der Waals surface area (Å²) in [6, 6.07) is 0. The number of hydrogen-bond donors (Lipinski definition) is 1. The first kappa shape index (κ1) is 14.2. The summed E-state index contributed by atoms with van der Waals surface area (Å²) in [5.41, 5.74) is 0. The highest BCUT2D eigenvalue weighted by atomic mass is 16.6. The van der Waals surface area contributed by atoms with Crippen LogP contribution in [0, 0.1) is 0 Å². The summed E-state index contributed by atoms with van der Waals surface area (Å²) in [7, 11) is 0.624. The quantitative estimate of drug-likeness (QED) is 0.536. The largest absolute Gasteiger partial charge is 0.602 e. The molecule has 7 nitrogen and oxygen atoms in total. The molecular formula is C10H14BNO6. The van der Waals surface area contributed by atoms with E-state index < -0.39 is 25.0 Å². The van der Waals surface area contributed by atoms with Gasteiger partial charge in [-0.1, -0.05) is 12.2 Å². The van der Waals surface area contributed by atoms with Crippen LogP contribution < -0.4 is 0 Å². The molecule has 0 aromatic carbocycles. The van der Waals surface area contributed by atoms with Gasteiger partial charge in [0.15, 0.2) is 0 Å². The van der Waals surface area contributed by atoms with Crippen LogP contribution in [-0.2, 0) is 23.7 Å². The molecule has 1 saturated heterocycles. The van der Waals surface area contributed by atoms with Gasteiger partial charge >= 0.3 is 25.0 Å². The Labute approximate surface area is 104 Å². The van der Waals surface area contributed by atoms with Gasteiger partial charge in [-0.15, -0.1) is 0 Å². The molecule has 0 aromatic rings. The van der Waals surface area contributed by atoms with E-state index in [2.05, 4.69) is 0 Å². The molecule has 0 aliphatic carbocycles. The van der Waals surface area contributed by atoms with Gasteiger partial charge in [0.1, 0.15) is 0 Å². The van der Waals surface area contributed by atoms with Gasteiger partial charge in [0, 0.05) is 6.32 Å². The molecule has 0 unspecified atom stereocenters. The van der Waals surface area contributed by atoms with E-state index in [4.69, 9.17) is 14.4 Å². The Morgan fingerprint density at radius 2 is 1.89 bits per heavy atom. The minimum absolute atomic E-state index is 0.0183. The summed E-state index contributed by atoms with van der Waals surface area (Å²) in [5, 5.41) is 8.42. The van der Waals surface area contributed by atoms with Crippen molar-refractivity contribution in [3.8, 4) is 0 Å². The molecule has 0 amide bonds. The lowest BCUT2D eigenvalue weighted by Crippen LogP contribution is -2.42. The van der Waals surface area contributed by atoms with Crippen LogP contribution in [0.15, 0.2) is 12.2 Å². The third-order valence-corrected chi connectivity index (χ3v) is 2.11. The highest BCUT2D eigenvalue weighted by Gasteiger charge is 2.30. The van der Waals surface area contributed by atoms with Crippen LogP contribution in [0.3, 0.4) is 0 Å². The number of aliphatic carboxylic acids is 1. The van der Waals surface area contributed by atoms with Crippen molar-refractivity contribution in [2.24, 2.45) is 0 Å². The SMILES string of the molecule is CN1CC(=O)OB(C/C=C/CC(=O)O)OC(=O)C1. The maximum absolute atomic E-state index is 11.3. The lowest BCUT2D eigenvalue weighted by Gasteiger charge is -2.21. The van der Waals surface area contributed by atoms with Gasteiger partial charge in [-0.3, -0.25) is 19.3 Å². The monoisotopic (exact) mass is 255 g/mol. The molecule has 98 valence electrons. The van der Waals surface area contributed by atoms with Crippen molar-refractivity contribution in [2.75, 3.05) is 20.1 Å². The molecule has 1 aliphatic heterocycles. The fourth-order valence-electron chi connectivity index (χ4n) is 1.38. The Morgan fingerprint density at radius 3 is 2.39 bits per heavy atom. The second-order valence-corrected chi connectivity index (χ2v) is 3.89. The van der Waals surface area contributed by atoms with Gasteiger partial charge in [0.05, 0.1) is 19.5 Å². The Bertz CT molecular complexity index is 349. The summed E-state index contributed by atoms with van der Waals surface area (Å²) in [5.74, 6) is -1.93. The topological polar surface area (TPSA) is 93.1 Å². The van der Waals surface area contributed by atoms with Gasteiger partial charge < -0.3 is 14.4 Å². The Hall–Kier alpha value is -1.83. The fourth-order valence-corrected chi connectivity index (χ4v) is 1.38. The number of carbonyl (C=O) groups excluding carboxylic acids is 2. The molecule has 8 heteroatoms. The number of likely N-dealkylation sites (N-methyl/N-ethyl adjacent to an activating group) is 1. The van der Waals surface area contributed by atoms with E-state index >= 15 is 0 Å². The highest BCUT2D eigenvalue weighted by molar-refractivity contribution is 6.49. The van der Waals surface area contributed by atoms with Crippen LogP contribution >= 0.6 is 0 Å². The van der Waals surface area contributed by atoms with Crippen LogP contribution in [0.1, 0.15) is 6.42 Å². The Morgan fingerprint density at radius 1 is 1.33 bits per heavy atom. The normalized spacial score (nSPS) is 18.2. The van der Waals surface area contributed by atoms with Crippen molar-refractivity contribution in [1.82, 2.24) is 4.90 Å². The molecule has 0 bridgehead atoms. The zero-order valence-corrected chi connectivity index (χ0v) is 10.00. The maximum atomic E-state index is 11.3. The summed E-state index contributed by atoms with van der Waals surface area (Å²) >= 11 is 0. The Balaban J connectivity index is 2.48. The summed E-state index contributed by atoms with van der Waals surface area (Å²) in [6.07, 6.45) is 2.94. The standard InChI is InChI=1S/C10H14BNO6/c1-12-6-9(15)17-11(18-10(16)7-12)5-3-2-4-8(13)14/h2-3H,4-7H2,1H3,(H,13,14)/b3-2+. The molecule has 0 atom stereocenters. The minimum atomic E-state index is -0.983. The minimum Gasteiger partial charge on any atom is -0.498 e. The number of hydrogen-bond acceptors (Lipinski definition) is 6. The highest BCUT2D eigenvalue weighted by Crippen LogP contribution is 2.05. The molecule has 0 spiro atoms. The van der Waals surface area contributed by atoms with Crippen LogP contribution in [-0.4, -0.2) is 55.2 Å². The molecule has 1 rings (SSSR count). The number of allylic oxidation sites excluding steroid dienone is 1. The van der Waals surface area contributed by atoms with Crippen LogP contribution in [0.4, 0.5) is 0 Å². The lowest BCUT2D eigenvalue weighted by atomic mass is 9.84. The van der Waals surface area contributed by atoms with Crippen LogP contribution in [0.25, 0.3) is 0 Å². The number of carboxylic acids is 1. The van der Waals surface area contributed by atoms with E-state index in [0.717, 1.165) is 0 Å². The van der Waals surface area contributed by atoms with Crippen molar-refractivity contribution in [3.63, 3.8) is 0 Å². The third kappa shape index (κ3) is 5.49. The fraction of sp³-hybridized carbons (Fsp3) is 0.500. The molecule has 18 heavy (non-hydrogen) atoms. The number of nitrogens with zero attached hydrogens (tertiary/aromatic N) is 1. The van der Waals surface area contributed by atoms with Crippen molar-refractivity contribution in [2.45, 2.75) is 12.7 Å². The van der Waals surface area contributed by atoms with E-state index in [1.165, 1.54) is 17.1 Å². The van der Waals surface area contributed by atoms with E-state index in [0.29, 0.717) is 0 Å². The second-order valence-electron chi connectivity index (χ2n) is 3.89. The number of carbonyl (C=O) groups is 3. The second kappa shape index (κ2) is 6.80. The number of carboxylic acid groups (broad SMARTS) is 1. The molecule has 0 radical (unpaired) electrons. The maximum Gasteiger partial charge on any atom is 0.602 e. The van der Waals surface area contributed by atoms with Crippen LogP contribution in [0.2, 0.25) is 6.32 Å². The molecule has 1 N–H and O–H groups in total. The first-order valence-corrected chi connectivity index (χ1v) is 5.41. The van der Waals surface area contributed by atoms with Crippen molar-refractivity contribution in [3.05, 3.63) is 12.2 Å². The average molecular weight is 255 g/mol. The molecule has 1 fully saturated rings. The molecular weight excluding hydrogens is 241 g/mol. The van der Waals surface area contributed by atoms with Crippen molar-refractivity contribution < 1.29 is 28.8 Å². The molecule has 1 aliphatic rings. The smallest absolute Gasteiger partial charge is 0.498 e. The van der Waals surface area contributed by atoms with E-state index in [9.17, 15) is 14.4 Å². The predicted molar refractivity (Wildman–Crippen MR) is 61.6 cm³/mol. The van der Waals surface area contributed by atoms with Crippen LogP contribution in [0.5, 0.6) is 0 Å². The molecule has 0 saturated carbocycles. The number of rotatable bonds is 4. The van der Waals surface area contributed by atoms with E-state index in [1.807, 2.05) is 0 Å². The molecule has 1 heterocycles. The lowest BCUT2D eigenvalue weighted by molar-refractivity contribution is -0.145. The third-order valence-electron chi connectivity index (χ3n) is 2.11. The summed E-state index contributed by atoms with van der Waals surface area (Å²) in [4.78, 5) is 34.4. The van der Waals surface area contributed by atoms with Gasteiger partial charge in [-0.25, -0.2) is 0 Å². The first-order chi connectivity index (χ1) is 8.47. The van der Waals surface area contributed by atoms with E-state index in [-0.39, 0.29) is 25.8 Å². The average Bonchev–Trinajstić information content (AvgIpc) is 2.21. The first-order valence-electron chi connectivity index (χ1n) is 5.41. The Kier molecular flexibility index (Phi) is 5.38. The van der Waals surface area contributed by atoms with Gasteiger partial charge in [-0.2, -0.15) is 0 Å². The summed E-state index contributed by atoms with van der Waals surface area (Å²) in [6.45, 7) is 0.0366. The van der Waals surface area contributed by atoms with Gasteiger partial charge in [0.25, 0.3) is 0 Å². The van der Waals surface area contributed by atoms with Gasteiger partial charge in [-0.05, 0) is 7.05 Å². The van der Waals surface area contributed by atoms with Crippen molar-refractivity contribution >= 4 is 25.0 Å². The predicted octanol–water partition coefficient (Wildman–Crippen LogP) is -0.463. The zero-order chi connectivity index (χ0) is 13.5. The van der Waals surface area contributed by atoms with Crippen molar-refractivity contribution in [1.29, 1.82) is 0 Å². The zero-order valence-electron chi connectivity index (χ0n) is 10.00. The van der Waals surface area contributed by atoms with Gasteiger partial charge in [0.2, 0.25) is 0 Å².